The van der Waals surface area contributed by atoms with Crippen LogP contribution in [0.3, 0.4) is 0 Å². The third-order valence-electron chi connectivity index (χ3n) is 3.03. The number of rotatable bonds is 0. The van der Waals surface area contributed by atoms with Gasteiger partial charge in [-0.3, -0.25) is 4.98 Å². The number of aryl methyl sites for hydroxylation is 1. The first-order chi connectivity index (χ1) is 7.40. The molecule has 0 saturated carbocycles. The summed E-state index contributed by atoms with van der Waals surface area (Å²) in [7, 11) is 0. The van der Waals surface area contributed by atoms with E-state index >= 15 is 0 Å². The normalized spacial score (nSPS) is 19.5. The number of nitriles is 1. The van der Waals surface area contributed by atoms with Crippen molar-refractivity contribution in [2.75, 3.05) is 6.61 Å². The molecule has 1 aromatic heterocycles. The van der Waals surface area contributed by atoms with Crippen molar-refractivity contribution in [3.05, 3.63) is 29.1 Å². The van der Waals surface area contributed by atoms with Crippen molar-refractivity contribution in [1.82, 2.24) is 4.98 Å². The lowest BCUT2D eigenvalue weighted by atomic mass is 10.0. The molecule has 2 heterocycles. The van der Waals surface area contributed by atoms with Gasteiger partial charge in [0.15, 0.2) is 0 Å². The molecule has 15 heavy (non-hydrogen) atoms. The summed E-state index contributed by atoms with van der Waals surface area (Å²) in [6.07, 6.45) is 6.30. The molecular weight excluding hydrogens is 188 g/mol. The molecule has 0 bridgehead atoms. The molecule has 0 radical (unpaired) electrons. The summed E-state index contributed by atoms with van der Waals surface area (Å²) in [4.78, 5) is 4.39. The Labute approximate surface area is 88.0 Å². The Morgan fingerprint density at radius 3 is 3.20 bits per heavy atom. The van der Waals surface area contributed by atoms with E-state index < -0.39 is 0 Å². The SMILES string of the molecule is N#C/C=C1\CCc2ncc3c(c21)CCO3. The first-order valence-electron chi connectivity index (χ1n) is 5.12. The molecule has 0 spiro atoms. The van der Waals surface area contributed by atoms with Gasteiger partial charge in [-0.25, -0.2) is 0 Å². The third-order valence-corrected chi connectivity index (χ3v) is 3.03. The largest absolute Gasteiger partial charge is 0.491 e. The van der Waals surface area contributed by atoms with Crippen LogP contribution in [0, 0.1) is 11.3 Å². The van der Waals surface area contributed by atoms with Crippen molar-refractivity contribution >= 4 is 5.57 Å². The van der Waals surface area contributed by atoms with Crippen molar-refractivity contribution in [2.24, 2.45) is 0 Å². The maximum absolute atomic E-state index is 8.72. The summed E-state index contributed by atoms with van der Waals surface area (Å²) in [5.74, 6) is 0.902. The first-order valence-corrected chi connectivity index (χ1v) is 5.12. The number of hydrogen-bond donors (Lipinski definition) is 0. The molecule has 0 fully saturated rings. The highest BCUT2D eigenvalue weighted by atomic mass is 16.5. The standard InChI is InChI=1S/C12H10N2O/c13-5-3-8-1-2-10-12(8)9-4-6-15-11(9)7-14-10/h3,7H,1-2,4,6H2/b8-3+. The Morgan fingerprint density at radius 2 is 2.33 bits per heavy atom. The maximum Gasteiger partial charge on any atom is 0.141 e. The molecule has 1 aliphatic heterocycles. The number of allylic oxidation sites excluding steroid dienone is 2. The minimum Gasteiger partial charge on any atom is -0.491 e. The second kappa shape index (κ2) is 3.09. The smallest absolute Gasteiger partial charge is 0.141 e. The molecule has 0 unspecified atom stereocenters. The van der Waals surface area contributed by atoms with Crippen molar-refractivity contribution in [3.63, 3.8) is 0 Å². The maximum atomic E-state index is 8.72. The Bertz CT molecular complexity index is 497. The minimum absolute atomic E-state index is 0.743. The molecule has 3 heteroatoms. The van der Waals surface area contributed by atoms with E-state index in [-0.39, 0.29) is 0 Å². The van der Waals surface area contributed by atoms with Crippen LogP contribution in [0.2, 0.25) is 0 Å². The zero-order valence-electron chi connectivity index (χ0n) is 8.29. The second-order valence-corrected chi connectivity index (χ2v) is 3.82. The zero-order chi connectivity index (χ0) is 10.3. The van der Waals surface area contributed by atoms with Gasteiger partial charge in [0.1, 0.15) is 5.75 Å². The topological polar surface area (TPSA) is 45.9 Å². The van der Waals surface area contributed by atoms with E-state index in [0.717, 1.165) is 42.9 Å². The van der Waals surface area contributed by atoms with Gasteiger partial charge in [-0.2, -0.15) is 5.26 Å². The Hall–Kier alpha value is -1.82. The number of nitrogens with zero attached hydrogens (tertiary/aromatic N) is 2. The van der Waals surface area contributed by atoms with Crippen LogP contribution in [0.4, 0.5) is 0 Å². The first kappa shape index (κ1) is 8.49. The zero-order valence-corrected chi connectivity index (χ0v) is 8.29. The van der Waals surface area contributed by atoms with Crippen LogP contribution in [0.5, 0.6) is 5.75 Å². The number of aromatic nitrogens is 1. The van der Waals surface area contributed by atoms with E-state index in [2.05, 4.69) is 11.1 Å². The van der Waals surface area contributed by atoms with Gasteiger partial charge in [0.2, 0.25) is 0 Å². The van der Waals surface area contributed by atoms with Crippen molar-refractivity contribution in [3.8, 4) is 11.8 Å². The third kappa shape index (κ3) is 1.15. The summed E-state index contributed by atoms with van der Waals surface area (Å²) in [6, 6.07) is 2.11. The highest BCUT2D eigenvalue weighted by Gasteiger charge is 2.26. The number of ether oxygens (including phenoxy) is 1. The molecule has 3 nitrogen and oxygen atoms in total. The fourth-order valence-corrected chi connectivity index (χ4v) is 2.38. The van der Waals surface area contributed by atoms with Crippen molar-refractivity contribution in [2.45, 2.75) is 19.3 Å². The molecule has 1 aliphatic carbocycles. The summed E-state index contributed by atoms with van der Waals surface area (Å²) in [5, 5.41) is 8.72. The van der Waals surface area contributed by atoms with Gasteiger partial charge >= 0.3 is 0 Å². The molecule has 0 aromatic carbocycles. The molecule has 74 valence electrons. The number of hydrogen-bond acceptors (Lipinski definition) is 3. The Balaban J connectivity index is 2.23. The van der Waals surface area contributed by atoms with Gasteiger partial charge in [0, 0.05) is 29.3 Å². The quantitative estimate of drug-likeness (QED) is 0.598. The van der Waals surface area contributed by atoms with Crippen LogP contribution in [-0.2, 0) is 12.8 Å². The molecule has 2 aliphatic rings. The fourth-order valence-electron chi connectivity index (χ4n) is 2.38. The summed E-state index contributed by atoms with van der Waals surface area (Å²) in [5.41, 5.74) is 4.69. The van der Waals surface area contributed by atoms with Crippen LogP contribution >= 0.6 is 0 Å². The Morgan fingerprint density at radius 1 is 1.40 bits per heavy atom. The van der Waals surface area contributed by atoms with Gasteiger partial charge in [-0.1, -0.05) is 0 Å². The lowest BCUT2D eigenvalue weighted by molar-refractivity contribution is 0.355. The van der Waals surface area contributed by atoms with E-state index in [1.165, 1.54) is 11.1 Å². The summed E-state index contributed by atoms with van der Waals surface area (Å²) >= 11 is 0. The Kier molecular flexibility index (Phi) is 1.75. The molecule has 0 saturated heterocycles. The van der Waals surface area contributed by atoms with E-state index in [4.69, 9.17) is 10.00 Å². The predicted molar refractivity (Wildman–Crippen MR) is 55.3 cm³/mol. The number of pyridine rings is 1. The van der Waals surface area contributed by atoms with E-state index in [1.807, 2.05) is 6.20 Å². The molecule has 1 aromatic rings. The second-order valence-electron chi connectivity index (χ2n) is 3.82. The van der Waals surface area contributed by atoms with Crippen LogP contribution in [-0.4, -0.2) is 11.6 Å². The van der Waals surface area contributed by atoms with Crippen LogP contribution in [0.1, 0.15) is 23.2 Å². The summed E-state index contributed by atoms with van der Waals surface area (Å²) in [6.45, 7) is 0.743. The van der Waals surface area contributed by atoms with E-state index in [1.54, 1.807) is 6.08 Å². The molecule has 0 amide bonds. The lowest BCUT2D eigenvalue weighted by Crippen LogP contribution is -1.92. The fraction of sp³-hybridized carbons (Fsp3) is 0.333. The van der Waals surface area contributed by atoms with E-state index in [9.17, 15) is 0 Å². The van der Waals surface area contributed by atoms with Crippen LogP contribution < -0.4 is 4.74 Å². The number of fused-ring (bicyclic) bond motifs is 3. The van der Waals surface area contributed by atoms with Gasteiger partial charge in [0.25, 0.3) is 0 Å². The molecular formula is C12H10N2O. The predicted octanol–water partition coefficient (Wildman–Crippen LogP) is 1.87. The van der Waals surface area contributed by atoms with Gasteiger partial charge in [-0.15, -0.1) is 0 Å². The monoisotopic (exact) mass is 198 g/mol. The molecule has 0 N–H and O–H groups in total. The average Bonchev–Trinajstić information content (AvgIpc) is 2.83. The highest BCUT2D eigenvalue weighted by molar-refractivity contribution is 5.77. The van der Waals surface area contributed by atoms with Crippen molar-refractivity contribution < 1.29 is 4.74 Å². The van der Waals surface area contributed by atoms with Crippen LogP contribution in [0.25, 0.3) is 5.57 Å². The minimum atomic E-state index is 0.743. The van der Waals surface area contributed by atoms with Gasteiger partial charge in [-0.05, 0) is 18.4 Å². The highest BCUT2D eigenvalue weighted by Crippen LogP contribution is 2.39. The molecule has 0 atom stereocenters. The molecule has 3 rings (SSSR count). The lowest BCUT2D eigenvalue weighted by Gasteiger charge is -2.05. The van der Waals surface area contributed by atoms with Gasteiger partial charge < -0.3 is 4.74 Å². The van der Waals surface area contributed by atoms with Crippen LogP contribution in [0.15, 0.2) is 12.3 Å². The van der Waals surface area contributed by atoms with Gasteiger partial charge in [0.05, 0.1) is 18.9 Å². The average molecular weight is 198 g/mol. The van der Waals surface area contributed by atoms with E-state index in [0.29, 0.717) is 0 Å². The summed E-state index contributed by atoms with van der Waals surface area (Å²) < 4.78 is 5.48. The van der Waals surface area contributed by atoms with Crippen molar-refractivity contribution in [1.29, 1.82) is 5.26 Å².